The number of nitrogens with zero attached hydrogens (tertiary/aromatic N) is 2. The Morgan fingerprint density at radius 2 is 1.58 bits per heavy atom. The van der Waals surface area contributed by atoms with E-state index in [0.717, 1.165) is 13.1 Å². The lowest BCUT2D eigenvalue weighted by molar-refractivity contribution is -0.135. The minimum Gasteiger partial charge on any atom is -0.455 e. The smallest absolute Gasteiger partial charge is 0.408 e. The van der Waals surface area contributed by atoms with E-state index in [0.29, 0.717) is 35.4 Å². The van der Waals surface area contributed by atoms with Crippen LogP contribution < -0.4 is 10.6 Å². The third-order valence-corrected chi connectivity index (χ3v) is 5.75. The number of benzene rings is 1. The first kappa shape index (κ1) is 29.0. The van der Waals surface area contributed by atoms with Crippen LogP contribution in [0.2, 0.25) is 0 Å². The van der Waals surface area contributed by atoms with E-state index in [9.17, 15) is 19.2 Å². The molecule has 1 saturated heterocycles. The van der Waals surface area contributed by atoms with Gasteiger partial charge in [0, 0.05) is 42.8 Å². The van der Waals surface area contributed by atoms with Crippen molar-refractivity contribution in [2.45, 2.75) is 65.2 Å². The van der Waals surface area contributed by atoms with Crippen molar-refractivity contribution < 1.29 is 28.7 Å². The quantitative estimate of drug-likeness (QED) is 0.490. The van der Waals surface area contributed by atoms with E-state index in [1.807, 2.05) is 7.05 Å². The number of likely N-dealkylation sites (N-methyl/N-ethyl adjacent to an activating group) is 1. The molecule has 0 bridgehead atoms. The molecule has 2 aromatic rings. The van der Waals surface area contributed by atoms with Gasteiger partial charge in [0.05, 0.1) is 6.42 Å². The summed E-state index contributed by atoms with van der Waals surface area (Å²) in [5.74, 6) is -1.26. The van der Waals surface area contributed by atoms with Crippen LogP contribution in [0.1, 0.15) is 58.5 Å². The number of H-pyrrole nitrogens is 1. The lowest BCUT2D eigenvalue weighted by atomic mass is 10.1. The summed E-state index contributed by atoms with van der Waals surface area (Å²) in [6.45, 7) is 13.1. The molecule has 1 aromatic carbocycles. The molecule has 3 N–H and O–H groups in total. The van der Waals surface area contributed by atoms with Gasteiger partial charge < -0.3 is 34.9 Å². The summed E-state index contributed by atoms with van der Waals surface area (Å²) < 4.78 is 10.7. The van der Waals surface area contributed by atoms with Gasteiger partial charge in [0.15, 0.2) is 0 Å². The van der Waals surface area contributed by atoms with Crippen LogP contribution in [-0.4, -0.2) is 89.1 Å². The van der Waals surface area contributed by atoms with Crippen LogP contribution in [0.3, 0.4) is 0 Å². The minimum atomic E-state index is -1.14. The second-order valence-electron chi connectivity index (χ2n) is 11.6. The zero-order valence-corrected chi connectivity index (χ0v) is 23.3. The predicted molar refractivity (Wildman–Crippen MR) is 144 cm³/mol. The minimum absolute atomic E-state index is 0.204. The zero-order valence-electron chi connectivity index (χ0n) is 23.3. The Hall–Kier alpha value is -3.60. The van der Waals surface area contributed by atoms with E-state index in [2.05, 4.69) is 20.5 Å². The number of piperazine rings is 1. The first-order valence-corrected chi connectivity index (χ1v) is 12.7. The van der Waals surface area contributed by atoms with Crippen LogP contribution in [0.5, 0.6) is 0 Å². The number of nitrogens with one attached hydrogen (secondary N) is 3. The highest BCUT2D eigenvalue weighted by Gasteiger charge is 2.30. The number of rotatable bonds is 6. The summed E-state index contributed by atoms with van der Waals surface area (Å²) in [6.07, 6.45) is -0.990. The molecule has 11 nitrogen and oxygen atoms in total. The first-order valence-electron chi connectivity index (χ1n) is 12.7. The van der Waals surface area contributed by atoms with E-state index in [4.69, 9.17) is 9.47 Å². The monoisotopic (exact) mass is 529 g/mol. The largest absolute Gasteiger partial charge is 0.455 e. The third-order valence-electron chi connectivity index (χ3n) is 5.75. The fourth-order valence-corrected chi connectivity index (χ4v) is 3.90. The topological polar surface area (TPSA) is 133 Å². The SMILES string of the molecule is CN1CCN(C(=O)CC(NC(=O)OC(C)(C)C)C(=O)Nc2ccc3[nH]c(C(=O)OC(C)(C)C)cc3c2)CC1. The first-order chi connectivity index (χ1) is 17.6. The van der Waals surface area contributed by atoms with Crippen molar-refractivity contribution in [2.75, 3.05) is 38.5 Å². The van der Waals surface area contributed by atoms with Gasteiger partial charge in [0.25, 0.3) is 0 Å². The van der Waals surface area contributed by atoms with Gasteiger partial charge in [-0.25, -0.2) is 9.59 Å². The van der Waals surface area contributed by atoms with E-state index < -0.39 is 35.2 Å². The predicted octanol–water partition coefficient (Wildman–Crippen LogP) is 3.12. The molecule has 1 aliphatic rings. The van der Waals surface area contributed by atoms with Gasteiger partial charge in [-0.15, -0.1) is 0 Å². The number of alkyl carbamates (subject to hydrolysis) is 1. The second-order valence-corrected chi connectivity index (χ2v) is 11.6. The molecule has 3 rings (SSSR count). The Balaban J connectivity index is 1.75. The van der Waals surface area contributed by atoms with Crippen LogP contribution in [0.25, 0.3) is 10.9 Å². The highest BCUT2D eigenvalue weighted by molar-refractivity contribution is 6.01. The number of fused-ring (bicyclic) bond motifs is 1. The third kappa shape index (κ3) is 8.47. The van der Waals surface area contributed by atoms with Crippen molar-refractivity contribution in [2.24, 2.45) is 0 Å². The van der Waals surface area contributed by atoms with Crippen LogP contribution in [-0.2, 0) is 19.1 Å². The molecular weight excluding hydrogens is 490 g/mol. The maximum Gasteiger partial charge on any atom is 0.408 e. The number of amides is 3. The van der Waals surface area contributed by atoms with Crippen LogP contribution in [0.4, 0.5) is 10.5 Å². The van der Waals surface area contributed by atoms with Gasteiger partial charge >= 0.3 is 12.1 Å². The van der Waals surface area contributed by atoms with Crippen LogP contribution in [0, 0.1) is 0 Å². The maximum absolute atomic E-state index is 13.2. The van der Waals surface area contributed by atoms with Crippen molar-refractivity contribution in [1.82, 2.24) is 20.1 Å². The van der Waals surface area contributed by atoms with Gasteiger partial charge in [0.2, 0.25) is 11.8 Å². The number of esters is 1. The molecular formula is C27H39N5O6. The molecule has 1 atom stereocenters. The van der Waals surface area contributed by atoms with Gasteiger partial charge in [-0.3, -0.25) is 9.59 Å². The van der Waals surface area contributed by atoms with Crippen molar-refractivity contribution in [3.05, 3.63) is 30.0 Å². The standard InChI is InChI=1S/C27H39N5O6/c1-26(2,3)37-24(35)21-15-17-14-18(8-9-19(17)29-21)28-23(34)20(30-25(36)38-27(4,5)6)16-22(33)32-12-10-31(7)11-13-32/h8-9,14-15,20,29H,10-13,16H2,1-7H3,(H,28,34)(H,30,36). The lowest BCUT2D eigenvalue weighted by Gasteiger charge is -2.33. The molecule has 1 fully saturated rings. The van der Waals surface area contributed by atoms with Gasteiger partial charge in [-0.2, -0.15) is 0 Å². The Bertz CT molecular complexity index is 1180. The Labute approximate surface area is 223 Å². The summed E-state index contributed by atoms with van der Waals surface area (Å²) in [4.78, 5) is 57.9. The van der Waals surface area contributed by atoms with Gasteiger partial charge in [0.1, 0.15) is 22.9 Å². The number of anilines is 1. The van der Waals surface area contributed by atoms with E-state index in [1.165, 1.54) is 0 Å². The summed E-state index contributed by atoms with van der Waals surface area (Å²) in [5, 5.41) is 6.02. The highest BCUT2D eigenvalue weighted by Crippen LogP contribution is 2.22. The Morgan fingerprint density at radius 3 is 2.18 bits per heavy atom. The lowest BCUT2D eigenvalue weighted by Crippen LogP contribution is -2.51. The van der Waals surface area contributed by atoms with Crippen molar-refractivity contribution >= 4 is 40.5 Å². The summed E-state index contributed by atoms with van der Waals surface area (Å²) >= 11 is 0. The van der Waals surface area contributed by atoms with E-state index >= 15 is 0 Å². The molecule has 2 heterocycles. The average Bonchev–Trinajstić information content (AvgIpc) is 3.20. The number of aromatic nitrogens is 1. The van der Waals surface area contributed by atoms with Crippen molar-refractivity contribution in [1.29, 1.82) is 0 Å². The molecule has 0 radical (unpaired) electrons. The molecule has 208 valence electrons. The molecule has 1 unspecified atom stereocenters. The Morgan fingerprint density at radius 1 is 0.947 bits per heavy atom. The molecule has 11 heteroatoms. The number of carbonyl (C=O) groups excluding carboxylic acids is 4. The van der Waals surface area contributed by atoms with Gasteiger partial charge in [-0.1, -0.05) is 0 Å². The van der Waals surface area contributed by atoms with Crippen molar-refractivity contribution in [3.8, 4) is 0 Å². The van der Waals surface area contributed by atoms with Crippen LogP contribution >= 0.6 is 0 Å². The second kappa shape index (κ2) is 11.4. The zero-order chi connectivity index (χ0) is 28.3. The highest BCUT2D eigenvalue weighted by atomic mass is 16.6. The molecule has 0 aliphatic carbocycles. The molecule has 1 aromatic heterocycles. The molecule has 0 spiro atoms. The average molecular weight is 530 g/mol. The molecule has 3 amide bonds. The summed E-state index contributed by atoms with van der Waals surface area (Å²) in [7, 11) is 1.99. The summed E-state index contributed by atoms with van der Waals surface area (Å²) in [5.41, 5.74) is 0.0293. The van der Waals surface area contributed by atoms with Crippen LogP contribution in [0.15, 0.2) is 24.3 Å². The van der Waals surface area contributed by atoms with E-state index in [1.54, 1.807) is 70.7 Å². The fourth-order valence-electron chi connectivity index (χ4n) is 3.90. The van der Waals surface area contributed by atoms with Gasteiger partial charge in [-0.05, 0) is 72.9 Å². The molecule has 0 saturated carbocycles. The molecule has 38 heavy (non-hydrogen) atoms. The number of carbonyl (C=O) groups is 4. The fraction of sp³-hybridized carbons (Fsp3) is 0.556. The maximum atomic E-state index is 13.2. The normalized spacial score (nSPS) is 15.6. The number of hydrogen-bond acceptors (Lipinski definition) is 7. The summed E-state index contributed by atoms with van der Waals surface area (Å²) in [6, 6.07) is 5.60. The Kier molecular flexibility index (Phi) is 8.71. The number of aromatic amines is 1. The van der Waals surface area contributed by atoms with Crippen molar-refractivity contribution in [3.63, 3.8) is 0 Å². The number of ether oxygens (including phenoxy) is 2. The molecule has 1 aliphatic heterocycles. The number of hydrogen-bond donors (Lipinski definition) is 3. The van der Waals surface area contributed by atoms with E-state index in [-0.39, 0.29) is 12.3 Å².